The number of amides is 5. The number of unbranched alkanes of at least 4 members (excludes halogenated alkanes) is 2. The van der Waals surface area contributed by atoms with Gasteiger partial charge in [0, 0.05) is 74.3 Å². The highest BCUT2D eigenvalue weighted by Gasteiger charge is 2.37. The van der Waals surface area contributed by atoms with Gasteiger partial charge in [0.2, 0.25) is 11.8 Å². The molecule has 2 heterocycles. The summed E-state index contributed by atoms with van der Waals surface area (Å²) in [5, 5.41) is 14.3. The van der Waals surface area contributed by atoms with Crippen molar-refractivity contribution in [2.75, 3.05) is 37.7 Å². The van der Waals surface area contributed by atoms with Crippen molar-refractivity contribution in [3.05, 3.63) is 95.8 Å². The Morgan fingerprint density at radius 2 is 1.63 bits per heavy atom. The molecule has 290 valence electrons. The number of thioether (sulfide) groups is 1. The molecule has 0 unspecified atom stereocenters. The first-order valence-electron chi connectivity index (χ1n) is 18.1. The lowest BCUT2D eigenvalue weighted by molar-refractivity contribution is -0.137. The molecule has 1 atom stereocenters. The van der Waals surface area contributed by atoms with Crippen molar-refractivity contribution in [1.82, 2.24) is 25.0 Å². The number of nitrogens with zero attached hydrogens (tertiary/aromatic N) is 3. The van der Waals surface area contributed by atoms with Gasteiger partial charge in [-0.1, -0.05) is 57.5 Å². The minimum absolute atomic E-state index is 0.111. The van der Waals surface area contributed by atoms with Gasteiger partial charge < -0.3 is 25.2 Å². The largest absolute Gasteiger partial charge is 0.465 e. The van der Waals surface area contributed by atoms with Crippen LogP contribution in [0.4, 0.5) is 13.6 Å². The maximum atomic E-state index is 15.1. The van der Waals surface area contributed by atoms with Crippen molar-refractivity contribution in [2.24, 2.45) is 5.41 Å². The summed E-state index contributed by atoms with van der Waals surface area (Å²) in [6.45, 7) is 7.18. The molecule has 1 aliphatic rings. The number of carbonyl (C=O) groups excluding carboxylic acids is 4. The van der Waals surface area contributed by atoms with Gasteiger partial charge in [0.15, 0.2) is 0 Å². The normalized spacial score (nSPS) is 13.3. The van der Waals surface area contributed by atoms with Crippen molar-refractivity contribution in [3.63, 3.8) is 0 Å². The SMILES string of the molecule is CC(C)(C)[C@H](c1cc(-c2cc(F)ccc2F)cn1Cc1ccccc1)N(CCCNC(=O)O)C(=O)CSCCCCCC(=O)NCCN1C(=O)C=CC1=O. The smallest absolute Gasteiger partial charge is 0.404 e. The molecule has 0 aliphatic carbocycles. The summed E-state index contributed by atoms with van der Waals surface area (Å²) in [6.07, 6.45) is 5.90. The van der Waals surface area contributed by atoms with Crippen LogP contribution in [0.15, 0.2) is 72.9 Å². The second-order valence-corrected chi connectivity index (χ2v) is 15.3. The number of carbonyl (C=O) groups is 5. The molecule has 0 radical (unpaired) electrons. The van der Waals surface area contributed by atoms with Crippen LogP contribution in [-0.4, -0.2) is 86.9 Å². The highest BCUT2D eigenvalue weighted by atomic mass is 32.2. The van der Waals surface area contributed by atoms with E-state index in [2.05, 4.69) is 10.6 Å². The first kappa shape index (κ1) is 41.8. The number of benzene rings is 2. The average Bonchev–Trinajstić information content (AvgIpc) is 3.67. The number of rotatable bonds is 20. The maximum Gasteiger partial charge on any atom is 0.404 e. The van der Waals surface area contributed by atoms with Gasteiger partial charge in [-0.15, -0.1) is 0 Å². The molecule has 3 aromatic rings. The number of imide groups is 1. The van der Waals surface area contributed by atoms with E-state index in [0.717, 1.165) is 47.2 Å². The molecule has 14 heteroatoms. The molecule has 1 aliphatic heterocycles. The van der Waals surface area contributed by atoms with E-state index in [0.29, 0.717) is 37.1 Å². The maximum absolute atomic E-state index is 15.1. The Morgan fingerprint density at radius 1 is 0.907 bits per heavy atom. The van der Waals surface area contributed by atoms with Gasteiger partial charge in [0.1, 0.15) is 11.6 Å². The fourth-order valence-corrected chi connectivity index (χ4v) is 7.30. The number of hydrogen-bond acceptors (Lipinski definition) is 6. The number of halogens is 2. The standard InChI is InChI=1S/C40H49F2N5O6S/c1-40(2,3)38(33-23-29(31-24-30(41)14-15-32(31)42)26-45(33)25-28-11-6-4-7-12-28)47(20-10-18-44-39(52)53)37(51)27-54-22-9-5-8-13-34(48)43-19-21-46-35(49)16-17-36(46)50/h4,6-7,11-12,14-17,23-24,26,38,44H,5,8-10,13,18-22,25,27H2,1-3H3,(H,43,48)(H,52,53)/t38-/m0/s1. The van der Waals surface area contributed by atoms with E-state index in [1.165, 1.54) is 23.9 Å². The third-order valence-corrected chi connectivity index (χ3v) is 9.95. The van der Waals surface area contributed by atoms with Crippen LogP contribution in [0.1, 0.15) is 70.2 Å². The van der Waals surface area contributed by atoms with Gasteiger partial charge in [-0.2, -0.15) is 11.8 Å². The zero-order valence-corrected chi connectivity index (χ0v) is 31.8. The third kappa shape index (κ3) is 12.3. The van der Waals surface area contributed by atoms with Crippen molar-refractivity contribution in [2.45, 2.75) is 65.5 Å². The zero-order valence-electron chi connectivity index (χ0n) is 31.0. The molecule has 3 N–H and O–H groups in total. The van der Waals surface area contributed by atoms with Crippen LogP contribution in [0.25, 0.3) is 11.1 Å². The summed E-state index contributed by atoms with van der Waals surface area (Å²) in [5.41, 5.74) is 1.78. The van der Waals surface area contributed by atoms with E-state index >= 15 is 4.39 Å². The van der Waals surface area contributed by atoms with Crippen LogP contribution < -0.4 is 10.6 Å². The highest BCUT2D eigenvalue weighted by Crippen LogP contribution is 2.41. The lowest BCUT2D eigenvalue weighted by Gasteiger charge is -2.41. The van der Waals surface area contributed by atoms with Crippen molar-refractivity contribution in [1.29, 1.82) is 0 Å². The molecular formula is C40H49F2N5O6S. The molecule has 0 fully saturated rings. The van der Waals surface area contributed by atoms with Crippen molar-refractivity contribution >= 4 is 41.5 Å². The zero-order chi connectivity index (χ0) is 39.3. The lowest BCUT2D eigenvalue weighted by atomic mass is 9.83. The minimum Gasteiger partial charge on any atom is -0.465 e. The Labute approximate surface area is 319 Å². The molecule has 54 heavy (non-hydrogen) atoms. The monoisotopic (exact) mass is 765 g/mol. The van der Waals surface area contributed by atoms with Gasteiger partial charge in [-0.3, -0.25) is 24.1 Å². The summed E-state index contributed by atoms with van der Waals surface area (Å²) >= 11 is 1.48. The molecule has 2 aromatic carbocycles. The molecule has 5 amide bonds. The summed E-state index contributed by atoms with van der Waals surface area (Å²) < 4.78 is 31.4. The Morgan fingerprint density at radius 3 is 2.31 bits per heavy atom. The Hall–Kier alpha value is -4.98. The lowest BCUT2D eigenvalue weighted by Crippen LogP contribution is -2.44. The molecule has 4 rings (SSSR count). The van der Waals surface area contributed by atoms with E-state index in [1.807, 2.05) is 61.7 Å². The molecule has 11 nitrogen and oxygen atoms in total. The summed E-state index contributed by atoms with van der Waals surface area (Å²) in [4.78, 5) is 63.7. The van der Waals surface area contributed by atoms with E-state index in [1.54, 1.807) is 11.1 Å². The molecular weight excluding hydrogens is 717 g/mol. The molecule has 0 bridgehead atoms. The quantitative estimate of drug-likeness (QED) is 0.0895. The van der Waals surface area contributed by atoms with E-state index in [-0.39, 0.29) is 61.1 Å². The first-order chi connectivity index (χ1) is 25.7. The molecule has 0 saturated heterocycles. The topological polar surface area (TPSA) is 141 Å². The first-order valence-corrected chi connectivity index (χ1v) is 19.2. The highest BCUT2D eigenvalue weighted by molar-refractivity contribution is 7.99. The molecule has 0 saturated carbocycles. The predicted octanol–water partition coefficient (Wildman–Crippen LogP) is 6.39. The number of nitrogens with one attached hydrogen (secondary N) is 2. The van der Waals surface area contributed by atoms with Crippen LogP contribution in [0.3, 0.4) is 0 Å². The summed E-state index contributed by atoms with van der Waals surface area (Å²) in [6, 6.07) is 14.3. The second kappa shape index (κ2) is 19.9. The Balaban J connectivity index is 1.44. The van der Waals surface area contributed by atoms with Crippen LogP contribution in [0.5, 0.6) is 0 Å². The van der Waals surface area contributed by atoms with Crippen molar-refractivity contribution in [3.8, 4) is 11.1 Å². The van der Waals surface area contributed by atoms with Crippen LogP contribution in [0, 0.1) is 17.0 Å². The third-order valence-electron chi connectivity index (χ3n) is 8.93. The summed E-state index contributed by atoms with van der Waals surface area (Å²) in [7, 11) is 0. The van der Waals surface area contributed by atoms with Gasteiger partial charge in [-0.25, -0.2) is 13.6 Å². The molecule has 1 aromatic heterocycles. The van der Waals surface area contributed by atoms with Gasteiger partial charge in [0.05, 0.1) is 11.8 Å². The van der Waals surface area contributed by atoms with Gasteiger partial charge in [0.25, 0.3) is 11.8 Å². The fourth-order valence-electron chi connectivity index (χ4n) is 6.41. The van der Waals surface area contributed by atoms with Crippen LogP contribution >= 0.6 is 11.8 Å². The Bertz CT molecular complexity index is 1790. The number of aromatic nitrogens is 1. The Kier molecular flexibility index (Phi) is 15.4. The van der Waals surface area contributed by atoms with Crippen molar-refractivity contribution < 1.29 is 37.9 Å². The average molecular weight is 766 g/mol. The minimum atomic E-state index is -1.15. The van der Waals surface area contributed by atoms with Gasteiger partial charge in [-0.05, 0) is 60.3 Å². The summed E-state index contributed by atoms with van der Waals surface area (Å²) in [5.74, 6) is -1.35. The number of carboxylic acid groups (broad SMARTS) is 1. The van der Waals surface area contributed by atoms with Gasteiger partial charge >= 0.3 is 6.09 Å². The van der Waals surface area contributed by atoms with Crippen LogP contribution in [-0.2, 0) is 25.7 Å². The predicted molar refractivity (Wildman–Crippen MR) is 205 cm³/mol. The van der Waals surface area contributed by atoms with Crippen LogP contribution in [0.2, 0.25) is 0 Å². The second-order valence-electron chi connectivity index (χ2n) is 14.2. The number of hydrogen-bond donors (Lipinski definition) is 3. The van der Waals surface area contributed by atoms with E-state index in [9.17, 15) is 28.4 Å². The van der Waals surface area contributed by atoms with E-state index < -0.39 is 29.2 Å². The fraction of sp³-hybridized carbons (Fsp3) is 0.425. The molecule has 0 spiro atoms. The van der Waals surface area contributed by atoms with E-state index in [4.69, 9.17) is 5.11 Å².